The van der Waals surface area contributed by atoms with Crippen molar-refractivity contribution >= 4 is 15.7 Å². The third-order valence-electron chi connectivity index (χ3n) is 3.62. The zero-order chi connectivity index (χ0) is 17.7. The minimum absolute atomic E-state index is 0.153. The molecule has 0 aliphatic rings. The Bertz CT molecular complexity index is 800. The van der Waals surface area contributed by atoms with Gasteiger partial charge >= 0.3 is 0 Å². The normalized spacial score (nSPS) is 11.5. The molecule has 24 heavy (non-hydrogen) atoms. The highest BCUT2D eigenvalue weighted by atomic mass is 32.2. The quantitative estimate of drug-likeness (QED) is 0.826. The van der Waals surface area contributed by atoms with E-state index in [1.165, 1.54) is 0 Å². The molecule has 0 amide bonds. The van der Waals surface area contributed by atoms with Crippen molar-refractivity contribution in [2.24, 2.45) is 0 Å². The molecule has 2 rings (SSSR count). The summed E-state index contributed by atoms with van der Waals surface area (Å²) in [5.41, 5.74) is 2.26. The Labute approximate surface area is 143 Å². The van der Waals surface area contributed by atoms with Gasteiger partial charge in [0, 0.05) is 12.8 Å². The molecule has 130 valence electrons. The van der Waals surface area contributed by atoms with Crippen LogP contribution in [0.2, 0.25) is 0 Å². The van der Waals surface area contributed by atoms with E-state index in [1.807, 2.05) is 19.9 Å². The highest BCUT2D eigenvalue weighted by Gasteiger charge is 2.18. The van der Waals surface area contributed by atoms with E-state index in [0.29, 0.717) is 18.0 Å². The van der Waals surface area contributed by atoms with Crippen LogP contribution in [0.5, 0.6) is 5.75 Å². The fourth-order valence-electron chi connectivity index (χ4n) is 2.44. The molecule has 2 aromatic rings. The molecule has 0 bridgehead atoms. The van der Waals surface area contributed by atoms with Gasteiger partial charge in [-0.05, 0) is 47.4 Å². The standard InChI is InChI=1S/C18H23NO4S/c1-13(2)17-11-16(8-9-18(17)23-4)24(20,21)19-15-7-5-6-14(10-15)12-22-3/h5-11,13,19H,12H2,1-4H3. The Morgan fingerprint density at radius 3 is 2.46 bits per heavy atom. The molecule has 0 saturated carbocycles. The third kappa shape index (κ3) is 4.27. The molecule has 0 radical (unpaired) electrons. The lowest BCUT2D eigenvalue weighted by Gasteiger charge is -2.15. The minimum Gasteiger partial charge on any atom is -0.496 e. The summed E-state index contributed by atoms with van der Waals surface area (Å²) in [6.07, 6.45) is 0. The lowest BCUT2D eigenvalue weighted by Crippen LogP contribution is -2.13. The zero-order valence-electron chi connectivity index (χ0n) is 14.4. The molecule has 0 saturated heterocycles. The minimum atomic E-state index is -3.67. The maximum absolute atomic E-state index is 12.7. The predicted molar refractivity (Wildman–Crippen MR) is 95.0 cm³/mol. The summed E-state index contributed by atoms with van der Waals surface area (Å²) in [6.45, 7) is 4.42. The number of nitrogens with one attached hydrogen (secondary N) is 1. The number of rotatable bonds is 7. The smallest absolute Gasteiger partial charge is 0.261 e. The second-order valence-corrected chi connectivity index (χ2v) is 7.48. The highest BCUT2D eigenvalue weighted by Crippen LogP contribution is 2.29. The molecule has 0 aliphatic heterocycles. The SMILES string of the molecule is COCc1cccc(NS(=O)(=O)c2ccc(OC)c(C(C)C)c2)c1. The Hall–Kier alpha value is -2.05. The first-order chi connectivity index (χ1) is 11.4. The van der Waals surface area contributed by atoms with Crippen molar-refractivity contribution in [3.63, 3.8) is 0 Å². The number of sulfonamides is 1. The molecular formula is C18H23NO4S. The van der Waals surface area contributed by atoms with Gasteiger partial charge in [0.05, 0.1) is 18.6 Å². The van der Waals surface area contributed by atoms with Crippen LogP contribution in [-0.2, 0) is 21.4 Å². The topological polar surface area (TPSA) is 64.6 Å². The largest absolute Gasteiger partial charge is 0.496 e. The second-order valence-electron chi connectivity index (χ2n) is 5.80. The fraction of sp³-hybridized carbons (Fsp3) is 0.333. The zero-order valence-corrected chi connectivity index (χ0v) is 15.2. The van der Waals surface area contributed by atoms with Gasteiger partial charge in [0.15, 0.2) is 0 Å². The molecule has 5 nitrogen and oxygen atoms in total. The van der Waals surface area contributed by atoms with Crippen LogP contribution in [-0.4, -0.2) is 22.6 Å². The molecule has 0 atom stereocenters. The lowest BCUT2D eigenvalue weighted by atomic mass is 10.0. The number of methoxy groups -OCH3 is 2. The Morgan fingerprint density at radius 1 is 1.08 bits per heavy atom. The molecule has 2 aromatic carbocycles. The molecule has 1 N–H and O–H groups in total. The van der Waals surface area contributed by atoms with E-state index in [9.17, 15) is 8.42 Å². The molecule has 0 aromatic heterocycles. The van der Waals surface area contributed by atoms with Crippen LogP contribution < -0.4 is 9.46 Å². The van der Waals surface area contributed by atoms with Gasteiger partial charge in [-0.3, -0.25) is 4.72 Å². The third-order valence-corrected chi connectivity index (χ3v) is 5.00. The van der Waals surface area contributed by atoms with Crippen molar-refractivity contribution in [1.29, 1.82) is 0 Å². The first-order valence-corrected chi connectivity index (χ1v) is 9.14. The molecule has 0 fully saturated rings. The molecule has 6 heteroatoms. The van der Waals surface area contributed by atoms with E-state index in [1.54, 1.807) is 50.6 Å². The fourth-order valence-corrected chi connectivity index (χ4v) is 3.52. The number of anilines is 1. The average Bonchev–Trinajstić information content (AvgIpc) is 2.54. The molecule has 0 spiro atoms. The first kappa shape index (κ1) is 18.3. The van der Waals surface area contributed by atoms with Crippen molar-refractivity contribution in [2.75, 3.05) is 18.9 Å². The van der Waals surface area contributed by atoms with Gasteiger partial charge < -0.3 is 9.47 Å². The van der Waals surface area contributed by atoms with E-state index < -0.39 is 10.0 Å². The Balaban J connectivity index is 2.33. The van der Waals surface area contributed by atoms with E-state index >= 15 is 0 Å². The maximum Gasteiger partial charge on any atom is 0.261 e. The van der Waals surface area contributed by atoms with Gasteiger partial charge in [-0.15, -0.1) is 0 Å². The Morgan fingerprint density at radius 2 is 1.83 bits per heavy atom. The van der Waals surface area contributed by atoms with Crippen molar-refractivity contribution in [1.82, 2.24) is 0 Å². The first-order valence-electron chi connectivity index (χ1n) is 7.66. The van der Waals surface area contributed by atoms with E-state index in [2.05, 4.69) is 4.72 Å². The van der Waals surface area contributed by atoms with Crippen LogP contribution in [0, 0.1) is 0 Å². The van der Waals surface area contributed by atoms with Gasteiger partial charge in [0.25, 0.3) is 10.0 Å². The van der Waals surface area contributed by atoms with Crippen LogP contribution in [0.25, 0.3) is 0 Å². The molecule has 0 heterocycles. The summed E-state index contributed by atoms with van der Waals surface area (Å²) in [5, 5.41) is 0. The summed E-state index contributed by atoms with van der Waals surface area (Å²) in [5.74, 6) is 0.839. The van der Waals surface area contributed by atoms with Crippen LogP contribution in [0.4, 0.5) is 5.69 Å². The summed E-state index contributed by atoms with van der Waals surface area (Å²) >= 11 is 0. The highest BCUT2D eigenvalue weighted by molar-refractivity contribution is 7.92. The number of hydrogen-bond acceptors (Lipinski definition) is 4. The lowest BCUT2D eigenvalue weighted by molar-refractivity contribution is 0.185. The summed E-state index contributed by atoms with van der Waals surface area (Å²) in [6, 6.07) is 12.0. The number of ether oxygens (including phenoxy) is 2. The average molecular weight is 349 g/mol. The van der Waals surface area contributed by atoms with Gasteiger partial charge in [0.2, 0.25) is 0 Å². The monoisotopic (exact) mass is 349 g/mol. The maximum atomic E-state index is 12.7. The van der Waals surface area contributed by atoms with Crippen molar-refractivity contribution in [2.45, 2.75) is 31.3 Å². The molecule has 0 aliphatic carbocycles. The second kappa shape index (κ2) is 7.68. The van der Waals surface area contributed by atoms with Crippen molar-refractivity contribution < 1.29 is 17.9 Å². The van der Waals surface area contributed by atoms with E-state index in [-0.39, 0.29) is 10.8 Å². The van der Waals surface area contributed by atoms with Crippen molar-refractivity contribution in [3.05, 3.63) is 53.6 Å². The van der Waals surface area contributed by atoms with Gasteiger partial charge in [-0.25, -0.2) is 8.42 Å². The van der Waals surface area contributed by atoms with E-state index in [0.717, 1.165) is 11.1 Å². The Kier molecular flexibility index (Phi) is 5.85. The van der Waals surface area contributed by atoms with Crippen LogP contribution in [0.15, 0.2) is 47.4 Å². The molecule has 0 unspecified atom stereocenters. The summed E-state index contributed by atoms with van der Waals surface area (Å²) < 4.78 is 38.3. The van der Waals surface area contributed by atoms with E-state index in [4.69, 9.17) is 9.47 Å². The molecular weight excluding hydrogens is 326 g/mol. The van der Waals surface area contributed by atoms with Crippen LogP contribution in [0.1, 0.15) is 30.9 Å². The van der Waals surface area contributed by atoms with Gasteiger partial charge in [-0.2, -0.15) is 0 Å². The van der Waals surface area contributed by atoms with Crippen LogP contribution in [0.3, 0.4) is 0 Å². The van der Waals surface area contributed by atoms with Crippen molar-refractivity contribution in [3.8, 4) is 5.75 Å². The number of benzene rings is 2. The van der Waals surface area contributed by atoms with Gasteiger partial charge in [-0.1, -0.05) is 26.0 Å². The number of hydrogen-bond donors (Lipinski definition) is 1. The summed E-state index contributed by atoms with van der Waals surface area (Å²) in [7, 11) is -0.495. The van der Waals surface area contributed by atoms with Crippen LogP contribution >= 0.6 is 0 Å². The van der Waals surface area contributed by atoms with Gasteiger partial charge in [0.1, 0.15) is 5.75 Å². The predicted octanol–water partition coefficient (Wildman–Crippen LogP) is 3.77. The summed E-state index contributed by atoms with van der Waals surface area (Å²) in [4.78, 5) is 0.212.